The summed E-state index contributed by atoms with van der Waals surface area (Å²) in [6, 6.07) is 9.93. The van der Waals surface area contributed by atoms with Crippen molar-refractivity contribution in [3.05, 3.63) is 63.5 Å². The van der Waals surface area contributed by atoms with Gasteiger partial charge in [0.2, 0.25) is 0 Å². The minimum absolute atomic E-state index is 0.0850. The number of methoxy groups -OCH3 is 1. The Kier molecular flexibility index (Phi) is 7.51. The summed E-state index contributed by atoms with van der Waals surface area (Å²) < 4.78 is 12.9. The summed E-state index contributed by atoms with van der Waals surface area (Å²) in [7, 11) is 1.61. The maximum Gasteiger partial charge on any atom is 0.344 e. The van der Waals surface area contributed by atoms with Gasteiger partial charge in [-0.05, 0) is 75.6 Å². The number of hydrogen-bond donors (Lipinski definition) is 1. The zero-order chi connectivity index (χ0) is 24.2. The van der Waals surface area contributed by atoms with E-state index in [1.165, 1.54) is 55.3 Å². The number of aliphatic hydroxyl groups excluding tert-OH is 1. The molecule has 34 heavy (non-hydrogen) atoms. The van der Waals surface area contributed by atoms with Crippen LogP contribution in [0.25, 0.3) is 6.08 Å². The van der Waals surface area contributed by atoms with Crippen LogP contribution in [-0.4, -0.2) is 34.4 Å². The number of aromatic nitrogens is 1. The van der Waals surface area contributed by atoms with E-state index < -0.39 is 5.97 Å². The number of nitrogens with zero attached hydrogens (tertiary/aromatic N) is 2. The van der Waals surface area contributed by atoms with E-state index in [0.29, 0.717) is 21.7 Å². The van der Waals surface area contributed by atoms with Crippen molar-refractivity contribution in [1.82, 2.24) is 4.57 Å². The van der Waals surface area contributed by atoms with E-state index in [1.807, 2.05) is 30.3 Å². The van der Waals surface area contributed by atoms with E-state index in [2.05, 4.69) is 29.5 Å². The Balaban J connectivity index is 1.71. The summed E-state index contributed by atoms with van der Waals surface area (Å²) in [6.45, 7) is 6.24. The highest BCUT2D eigenvalue weighted by atomic mass is 32.2. The highest BCUT2D eigenvalue weighted by molar-refractivity contribution is 8.18. The molecule has 180 valence electrons. The number of aryl methyl sites for hydroxylation is 1. The van der Waals surface area contributed by atoms with Gasteiger partial charge in [0.1, 0.15) is 22.1 Å². The first-order valence-corrected chi connectivity index (χ1v) is 12.7. The normalized spacial score (nSPS) is 19.3. The van der Waals surface area contributed by atoms with Crippen LogP contribution in [0.1, 0.15) is 62.0 Å². The van der Waals surface area contributed by atoms with Crippen LogP contribution in [0, 0.1) is 13.8 Å². The van der Waals surface area contributed by atoms with Crippen molar-refractivity contribution in [2.24, 2.45) is 4.99 Å². The number of benzene rings is 1. The molecule has 0 saturated heterocycles. The molecule has 1 N–H and O–H groups in total. The van der Waals surface area contributed by atoms with Gasteiger partial charge < -0.3 is 19.1 Å². The molecule has 2 aromatic rings. The molecule has 0 spiro atoms. The molecule has 1 aliphatic heterocycles. The van der Waals surface area contributed by atoms with E-state index in [0.717, 1.165) is 11.3 Å². The third-order valence-electron chi connectivity index (χ3n) is 6.42. The third kappa shape index (κ3) is 4.94. The zero-order valence-electron chi connectivity index (χ0n) is 20.3. The fourth-order valence-electron chi connectivity index (χ4n) is 4.76. The number of aliphatic hydroxyl groups is 1. The van der Waals surface area contributed by atoms with Crippen LogP contribution in [0.2, 0.25) is 0 Å². The van der Waals surface area contributed by atoms with Gasteiger partial charge in [-0.1, -0.05) is 31.0 Å². The molecule has 1 aromatic carbocycles. The van der Waals surface area contributed by atoms with Gasteiger partial charge in [-0.15, -0.1) is 0 Å². The first-order chi connectivity index (χ1) is 16.4. The second-order valence-corrected chi connectivity index (χ2v) is 9.69. The number of carbonyl (C=O) groups excluding carboxylic acids is 1. The van der Waals surface area contributed by atoms with Crippen molar-refractivity contribution in [1.29, 1.82) is 0 Å². The van der Waals surface area contributed by atoms with Crippen molar-refractivity contribution < 1.29 is 19.4 Å². The van der Waals surface area contributed by atoms with E-state index in [-0.39, 0.29) is 17.9 Å². The van der Waals surface area contributed by atoms with Gasteiger partial charge in [0, 0.05) is 17.4 Å². The Morgan fingerprint density at radius 2 is 1.91 bits per heavy atom. The van der Waals surface area contributed by atoms with Crippen LogP contribution in [0.4, 0.5) is 5.69 Å². The van der Waals surface area contributed by atoms with Crippen LogP contribution in [0.15, 0.2) is 51.6 Å². The SMILES string of the molecule is CCOC(=O)C1=C(O)/C(=C\c2cc(C)n(C3CCCCC3)c2C)SC1=Nc1ccc(OC)cc1. The summed E-state index contributed by atoms with van der Waals surface area (Å²) in [5.41, 5.74) is 4.22. The highest BCUT2D eigenvalue weighted by Crippen LogP contribution is 2.41. The maximum atomic E-state index is 12.7. The van der Waals surface area contributed by atoms with Crippen LogP contribution in [-0.2, 0) is 9.53 Å². The Morgan fingerprint density at radius 3 is 2.56 bits per heavy atom. The summed E-state index contributed by atoms with van der Waals surface area (Å²) in [5.74, 6) is 0.0648. The number of aliphatic imine (C=N–C) groups is 1. The van der Waals surface area contributed by atoms with Gasteiger partial charge in [-0.25, -0.2) is 9.79 Å². The van der Waals surface area contributed by atoms with E-state index >= 15 is 0 Å². The third-order valence-corrected chi connectivity index (χ3v) is 7.44. The van der Waals surface area contributed by atoms with Gasteiger partial charge in [0.15, 0.2) is 0 Å². The molecule has 0 radical (unpaired) electrons. The van der Waals surface area contributed by atoms with Gasteiger partial charge >= 0.3 is 5.97 Å². The summed E-state index contributed by atoms with van der Waals surface area (Å²) >= 11 is 1.29. The number of rotatable bonds is 6. The monoisotopic (exact) mass is 480 g/mol. The van der Waals surface area contributed by atoms with Crippen LogP contribution in [0.3, 0.4) is 0 Å². The molecule has 7 heteroatoms. The van der Waals surface area contributed by atoms with Crippen LogP contribution in [0.5, 0.6) is 5.75 Å². The number of ether oxygens (including phenoxy) is 2. The average molecular weight is 481 g/mol. The zero-order valence-corrected chi connectivity index (χ0v) is 21.1. The number of esters is 1. The number of hydrogen-bond acceptors (Lipinski definition) is 6. The summed E-state index contributed by atoms with van der Waals surface area (Å²) in [5, 5.41) is 11.5. The molecule has 0 bridgehead atoms. The van der Waals surface area contributed by atoms with Gasteiger partial charge in [-0.3, -0.25) is 0 Å². The Morgan fingerprint density at radius 1 is 1.21 bits per heavy atom. The lowest BCUT2D eigenvalue weighted by atomic mass is 9.95. The van der Waals surface area contributed by atoms with Gasteiger partial charge in [0.05, 0.1) is 24.3 Å². The standard InChI is InChI=1S/C27H32N2O4S/c1-5-33-27(31)24-25(30)23(34-26(24)28-20-11-13-22(32-4)14-12-20)16-19-15-17(2)29(18(19)3)21-9-7-6-8-10-21/h11-16,21,30H,5-10H2,1-4H3/b23-16+,28-26?. The van der Waals surface area contributed by atoms with Crippen molar-refractivity contribution in [3.8, 4) is 5.75 Å². The van der Waals surface area contributed by atoms with Crippen molar-refractivity contribution in [2.45, 2.75) is 58.9 Å². The second kappa shape index (κ2) is 10.6. The molecule has 0 amide bonds. The molecule has 0 atom stereocenters. The van der Waals surface area contributed by atoms with Crippen molar-refractivity contribution >= 4 is 34.5 Å². The molecule has 4 rings (SSSR count). The number of thioether (sulfide) groups is 1. The molecule has 1 aliphatic carbocycles. The van der Waals surface area contributed by atoms with E-state index in [1.54, 1.807) is 14.0 Å². The first kappa shape index (κ1) is 24.2. The molecule has 2 heterocycles. The summed E-state index contributed by atoms with van der Waals surface area (Å²) in [4.78, 5) is 17.9. The van der Waals surface area contributed by atoms with Gasteiger partial charge in [0.25, 0.3) is 0 Å². The Bertz CT molecular complexity index is 1150. The van der Waals surface area contributed by atoms with E-state index in [9.17, 15) is 9.90 Å². The largest absolute Gasteiger partial charge is 0.506 e. The lowest BCUT2D eigenvalue weighted by Gasteiger charge is -2.26. The predicted molar refractivity (Wildman–Crippen MR) is 138 cm³/mol. The van der Waals surface area contributed by atoms with E-state index in [4.69, 9.17) is 9.47 Å². The molecule has 1 aromatic heterocycles. The maximum absolute atomic E-state index is 12.7. The smallest absolute Gasteiger partial charge is 0.344 e. The molecule has 2 aliphatic rings. The second-order valence-electron chi connectivity index (χ2n) is 8.66. The number of carbonyl (C=O) groups is 1. The molecule has 1 fully saturated rings. The molecule has 0 unspecified atom stereocenters. The fraction of sp³-hybridized carbons (Fsp3) is 0.407. The minimum Gasteiger partial charge on any atom is -0.506 e. The lowest BCUT2D eigenvalue weighted by molar-refractivity contribution is -0.138. The van der Waals surface area contributed by atoms with Crippen LogP contribution < -0.4 is 4.74 Å². The predicted octanol–water partition coefficient (Wildman–Crippen LogP) is 6.81. The quantitative estimate of drug-likeness (QED) is 0.460. The highest BCUT2D eigenvalue weighted by Gasteiger charge is 2.33. The molecule has 6 nitrogen and oxygen atoms in total. The Hall–Kier alpha value is -2.93. The van der Waals surface area contributed by atoms with Gasteiger partial charge in [-0.2, -0.15) is 0 Å². The molecule has 1 saturated carbocycles. The topological polar surface area (TPSA) is 73.0 Å². The Labute approximate surface area is 205 Å². The first-order valence-electron chi connectivity index (χ1n) is 11.8. The molecular formula is C27H32N2O4S. The van der Waals surface area contributed by atoms with Crippen molar-refractivity contribution in [3.63, 3.8) is 0 Å². The minimum atomic E-state index is -0.573. The van der Waals surface area contributed by atoms with Crippen molar-refractivity contribution in [2.75, 3.05) is 13.7 Å². The average Bonchev–Trinajstić information content (AvgIpc) is 3.29. The molecular weight excluding hydrogens is 448 g/mol. The van der Waals surface area contributed by atoms with Crippen LogP contribution >= 0.6 is 11.8 Å². The summed E-state index contributed by atoms with van der Waals surface area (Å²) in [6.07, 6.45) is 8.22. The fourth-order valence-corrected chi connectivity index (χ4v) is 5.78. The lowest BCUT2D eigenvalue weighted by Crippen LogP contribution is -2.15.